The fraction of sp³-hybridized carbons (Fsp3) is 0.533. The molecule has 0 aliphatic carbocycles. The number of ether oxygens (including phenoxy) is 1. The molecular formula is C15H21FN2O2. The molecular weight excluding hydrogens is 259 g/mol. The lowest BCUT2D eigenvalue weighted by Crippen LogP contribution is -2.33. The lowest BCUT2D eigenvalue weighted by molar-refractivity contribution is -0.122. The van der Waals surface area contributed by atoms with E-state index in [1.165, 1.54) is 12.1 Å². The van der Waals surface area contributed by atoms with Crippen LogP contribution < -0.4 is 10.6 Å². The van der Waals surface area contributed by atoms with Crippen LogP contribution in [0.4, 0.5) is 4.39 Å². The normalized spacial score (nSPS) is 16.1. The van der Waals surface area contributed by atoms with Gasteiger partial charge in [0.05, 0.1) is 12.7 Å². The van der Waals surface area contributed by atoms with Crippen LogP contribution in [0.5, 0.6) is 0 Å². The molecule has 0 unspecified atom stereocenters. The van der Waals surface area contributed by atoms with Crippen molar-refractivity contribution in [2.24, 2.45) is 0 Å². The van der Waals surface area contributed by atoms with Gasteiger partial charge in [0.15, 0.2) is 0 Å². The van der Waals surface area contributed by atoms with Gasteiger partial charge < -0.3 is 15.4 Å². The molecule has 1 aromatic carbocycles. The first-order chi connectivity index (χ1) is 9.74. The summed E-state index contributed by atoms with van der Waals surface area (Å²) in [4.78, 5) is 11.6. The molecule has 0 spiro atoms. The maximum atomic E-state index is 12.7. The predicted octanol–water partition coefficient (Wildman–Crippen LogP) is 1.60. The second-order valence-corrected chi connectivity index (χ2v) is 4.97. The molecule has 0 bridgehead atoms. The van der Waals surface area contributed by atoms with Gasteiger partial charge in [-0.15, -0.1) is 0 Å². The van der Waals surface area contributed by atoms with E-state index < -0.39 is 0 Å². The Hall–Kier alpha value is -1.46. The SMILES string of the molecule is O=C(CCOC1CCNCC1)NCc1ccc(F)cc1. The van der Waals surface area contributed by atoms with Gasteiger partial charge in [0.2, 0.25) is 5.91 Å². The zero-order valence-electron chi connectivity index (χ0n) is 11.5. The highest BCUT2D eigenvalue weighted by Gasteiger charge is 2.13. The average Bonchev–Trinajstić information content (AvgIpc) is 2.48. The van der Waals surface area contributed by atoms with Crippen molar-refractivity contribution >= 4 is 5.91 Å². The molecule has 110 valence electrons. The lowest BCUT2D eigenvalue weighted by atomic mass is 10.1. The third-order valence-electron chi connectivity index (χ3n) is 3.37. The first kappa shape index (κ1) is 14.9. The van der Waals surface area contributed by atoms with E-state index in [1.54, 1.807) is 12.1 Å². The minimum atomic E-state index is -0.268. The third-order valence-corrected chi connectivity index (χ3v) is 3.37. The van der Waals surface area contributed by atoms with E-state index in [4.69, 9.17) is 4.74 Å². The number of nitrogens with one attached hydrogen (secondary N) is 2. The largest absolute Gasteiger partial charge is 0.378 e. The Morgan fingerprint density at radius 1 is 1.30 bits per heavy atom. The van der Waals surface area contributed by atoms with Crippen LogP contribution in [0.3, 0.4) is 0 Å². The molecule has 1 fully saturated rings. The molecule has 4 nitrogen and oxygen atoms in total. The van der Waals surface area contributed by atoms with Crippen molar-refractivity contribution in [2.75, 3.05) is 19.7 Å². The van der Waals surface area contributed by atoms with Gasteiger partial charge in [-0.25, -0.2) is 4.39 Å². The molecule has 1 saturated heterocycles. The number of hydrogen-bond donors (Lipinski definition) is 2. The summed E-state index contributed by atoms with van der Waals surface area (Å²) in [6.45, 7) is 2.86. The standard InChI is InChI=1S/C15H21FN2O2/c16-13-3-1-12(2-4-13)11-18-15(19)7-10-20-14-5-8-17-9-6-14/h1-4,14,17H,5-11H2,(H,18,19). The van der Waals surface area contributed by atoms with Crippen LogP contribution in [0.25, 0.3) is 0 Å². The van der Waals surface area contributed by atoms with Gasteiger partial charge in [-0.05, 0) is 43.6 Å². The van der Waals surface area contributed by atoms with Crippen molar-refractivity contribution in [3.8, 4) is 0 Å². The minimum absolute atomic E-state index is 0.0386. The fourth-order valence-corrected chi connectivity index (χ4v) is 2.17. The molecule has 1 aromatic rings. The van der Waals surface area contributed by atoms with Crippen molar-refractivity contribution in [2.45, 2.75) is 31.9 Å². The summed E-state index contributed by atoms with van der Waals surface area (Å²) in [5.41, 5.74) is 0.888. The van der Waals surface area contributed by atoms with E-state index in [-0.39, 0.29) is 17.8 Å². The fourth-order valence-electron chi connectivity index (χ4n) is 2.17. The highest BCUT2D eigenvalue weighted by Crippen LogP contribution is 2.07. The Kier molecular flexibility index (Phi) is 5.95. The van der Waals surface area contributed by atoms with E-state index in [0.29, 0.717) is 19.6 Å². The van der Waals surface area contributed by atoms with E-state index in [9.17, 15) is 9.18 Å². The molecule has 1 amide bonds. The van der Waals surface area contributed by atoms with Crippen LogP contribution in [-0.4, -0.2) is 31.7 Å². The molecule has 2 rings (SSSR count). The highest BCUT2D eigenvalue weighted by molar-refractivity contribution is 5.75. The van der Waals surface area contributed by atoms with E-state index in [0.717, 1.165) is 31.5 Å². The molecule has 2 N–H and O–H groups in total. The summed E-state index contributed by atoms with van der Waals surface area (Å²) in [5, 5.41) is 6.07. The number of carbonyl (C=O) groups excluding carboxylic acids is 1. The smallest absolute Gasteiger partial charge is 0.222 e. The number of benzene rings is 1. The maximum Gasteiger partial charge on any atom is 0.222 e. The zero-order valence-corrected chi connectivity index (χ0v) is 11.5. The summed E-state index contributed by atoms with van der Waals surface area (Å²) < 4.78 is 18.4. The minimum Gasteiger partial charge on any atom is -0.378 e. The number of hydrogen-bond acceptors (Lipinski definition) is 3. The summed E-state index contributed by atoms with van der Waals surface area (Å²) >= 11 is 0. The molecule has 5 heteroatoms. The molecule has 0 atom stereocenters. The summed E-state index contributed by atoms with van der Waals surface area (Å²) in [6.07, 6.45) is 2.67. The second kappa shape index (κ2) is 7.97. The van der Waals surface area contributed by atoms with Gasteiger partial charge in [0, 0.05) is 13.0 Å². The predicted molar refractivity (Wildman–Crippen MR) is 74.7 cm³/mol. The van der Waals surface area contributed by atoms with Gasteiger partial charge in [0.1, 0.15) is 5.82 Å². The lowest BCUT2D eigenvalue weighted by Gasteiger charge is -2.22. The third kappa shape index (κ3) is 5.27. The molecule has 0 radical (unpaired) electrons. The van der Waals surface area contributed by atoms with Crippen molar-refractivity contribution < 1.29 is 13.9 Å². The Balaban J connectivity index is 1.59. The first-order valence-electron chi connectivity index (χ1n) is 7.07. The molecule has 1 heterocycles. The van der Waals surface area contributed by atoms with Crippen molar-refractivity contribution in [3.05, 3.63) is 35.6 Å². The summed E-state index contributed by atoms with van der Waals surface area (Å²) in [7, 11) is 0. The van der Waals surface area contributed by atoms with Crippen molar-refractivity contribution in [1.82, 2.24) is 10.6 Å². The van der Waals surface area contributed by atoms with Gasteiger partial charge in [0.25, 0.3) is 0 Å². The summed E-state index contributed by atoms with van der Waals surface area (Å²) in [5.74, 6) is -0.307. The van der Waals surface area contributed by atoms with Crippen LogP contribution in [0.1, 0.15) is 24.8 Å². The van der Waals surface area contributed by atoms with Crippen LogP contribution >= 0.6 is 0 Å². The van der Waals surface area contributed by atoms with Gasteiger partial charge in [-0.3, -0.25) is 4.79 Å². The Morgan fingerprint density at radius 2 is 2.00 bits per heavy atom. The summed E-state index contributed by atoms with van der Waals surface area (Å²) in [6, 6.07) is 6.12. The van der Waals surface area contributed by atoms with Crippen molar-refractivity contribution in [1.29, 1.82) is 0 Å². The number of rotatable bonds is 6. The Labute approximate surface area is 118 Å². The molecule has 1 aliphatic rings. The topological polar surface area (TPSA) is 50.4 Å². The molecule has 0 saturated carbocycles. The van der Waals surface area contributed by atoms with Gasteiger partial charge in [-0.1, -0.05) is 12.1 Å². The van der Waals surface area contributed by atoms with E-state index >= 15 is 0 Å². The van der Waals surface area contributed by atoms with Gasteiger partial charge >= 0.3 is 0 Å². The van der Waals surface area contributed by atoms with E-state index in [2.05, 4.69) is 10.6 Å². The number of carbonyl (C=O) groups is 1. The number of amides is 1. The van der Waals surface area contributed by atoms with Crippen LogP contribution in [-0.2, 0) is 16.1 Å². The number of piperidine rings is 1. The average molecular weight is 280 g/mol. The zero-order chi connectivity index (χ0) is 14.2. The second-order valence-electron chi connectivity index (χ2n) is 4.97. The molecule has 1 aliphatic heterocycles. The van der Waals surface area contributed by atoms with Crippen LogP contribution in [0.15, 0.2) is 24.3 Å². The first-order valence-corrected chi connectivity index (χ1v) is 7.07. The maximum absolute atomic E-state index is 12.7. The molecule has 0 aromatic heterocycles. The Morgan fingerprint density at radius 3 is 2.70 bits per heavy atom. The monoisotopic (exact) mass is 280 g/mol. The van der Waals surface area contributed by atoms with Crippen LogP contribution in [0.2, 0.25) is 0 Å². The Bertz CT molecular complexity index is 416. The van der Waals surface area contributed by atoms with E-state index in [1.807, 2.05) is 0 Å². The highest BCUT2D eigenvalue weighted by atomic mass is 19.1. The van der Waals surface area contributed by atoms with Crippen LogP contribution in [0, 0.1) is 5.82 Å². The quantitative estimate of drug-likeness (QED) is 0.832. The molecule has 20 heavy (non-hydrogen) atoms. The number of halogens is 1. The van der Waals surface area contributed by atoms with Gasteiger partial charge in [-0.2, -0.15) is 0 Å². The van der Waals surface area contributed by atoms with Crippen molar-refractivity contribution in [3.63, 3.8) is 0 Å².